The molecule has 0 atom stereocenters. The lowest BCUT2D eigenvalue weighted by molar-refractivity contribution is 0.395. The SMILES string of the molecule is COc1ccc(-c2csc(=NC3CCCCC3)n2N=Cc2ccc(F)cc2)c(OC)c1. The summed E-state index contributed by atoms with van der Waals surface area (Å²) in [7, 11) is 3.28. The molecular formula is C24H26FN3O2S. The smallest absolute Gasteiger partial charge is 0.206 e. The van der Waals surface area contributed by atoms with E-state index in [2.05, 4.69) is 0 Å². The van der Waals surface area contributed by atoms with Gasteiger partial charge in [-0.3, -0.25) is 4.99 Å². The summed E-state index contributed by atoms with van der Waals surface area (Å²) in [4.78, 5) is 5.87. The average Bonchev–Trinajstić information content (AvgIpc) is 3.20. The number of hydrogen-bond acceptors (Lipinski definition) is 5. The van der Waals surface area contributed by atoms with Crippen LogP contribution in [0.5, 0.6) is 11.5 Å². The van der Waals surface area contributed by atoms with E-state index in [1.165, 1.54) is 31.4 Å². The molecule has 0 unspecified atom stereocenters. The summed E-state index contributed by atoms with van der Waals surface area (Å²) in [5.41, 5.74) is 2.61. The van der Waals surface area contributed by atoms with Gasteiger partial charge >= 0.3 is 0 Å². The summed E-state index contributed by atoms with van der Waals surface area (Å²) in [5, 5.41) is 6.77. The van der Waals surface area contributed by atoms with E-state index in [-0.39, 0.29) is 5.82 Å². The van der Waals surface area contributed by atoms with E-state index in [1.54, 1.807) is 43.9 Å². The van der Waals surface area contributed by atoms with Crippen LogP contribution in [-0.4, -0.2) is 31.2 Å². The van der Waals surface area contributed by atoms with Crippen molar-refractivity contribution < 1.29 is 13.9 Å². The molecule has 0 saturated heterocycles. The predicted octanol–water partition coefficient (Wildman–Crippen LogP) is 5.49. The van der Waals surface area contributed by atoms with Gasteiger partial charge < -0.3 is 9.47 Å². The Kier molecular flexibility index (Phi) is 6.82. The van der Waals surface area contributed by atoms with Gasteiger partial charge in [0.2, 0.25) is 4.80 Å². The molecule has 1 aromatic heterocycles. The van der Waals surface area contributed by atoms with Crippen LogP contribution in [0, 0.1) is 5.82 Å². The number of thiazole rings is 1. The van der Waals surface area contributed by atoms with Gasteiger partial charge in [0, 0.05) is 17.0 Å². The van der Waals surface area contributed by atoms with Gasteiger partial charge in [-0.2, -0.15) is 5.10 Å². The highest BCUT2D eigenvalue weighted by atomic mass is 32.1. The molecule has 0 bridgehead atoms. The van der Waals surface area contributed by atoms with Gasteiger partial charge in [0.15, 0.2) is 0 Å². The zero-order valence-corrected chi connectivity index (χ0v) is 18.6. The number of aromatic nitrogens is 1. The maximum atomic E-state index is 13.3. The van der Waals surface area contributed by atoms with Gasteiger partial charge in [0.1, 0.15) is 17.3 Å². The Bertz CT molecular complexity index is 1110. The van der Waals surface area contributed by atoms with E-state index < -0.39 is 0 Å². The molecule has 1 aliphatic carbocycles. The number of benzene rings is 2. The number of nitrogens with zero attached hydrogens (tertiary/aromatic N) is 3. The number of ether oxygens (including phenoxy) is 2. The zero-order valence-electron chi connectivity index (χ0n) is 17.8. The van der Waals surface area contributed by atoms with Crippen LogP contribution >= 0.6 is 11.3 Å². The van der Waals surface area contributed by atoms with Crippen molar-refractivity contribution in [2.75, 3.05) is 14.2 Å². The van der Waals surface area contributed by atoms with Crippen LogP contribution in [0.1, 0.15) is 37.7 Å². The second-order valence-electron chi connectivity index (χ2n) is 7.50. The van der Waals surface area contributed by atoms with Gasteiger partial charge in [0.25, 0.3) is 0 Å². The maximum absolute atomic E-state index is 13.3. The summed E-state index contributed by atoms with van der Waals surface area (Å²) >= 11 is 1.57. The van der Waals surface area contributed by atoms with E-state index in [0.717, 1.165) is 40.2 Å². The van der Waals surface area contributed by atoms with Crippen molar-refractivity contribution in [3.63, 3.8) is 0 Å². The topological polar surface area (TPSA) is 48.1 Å². The molecule has 3 aromatic rings. The molecule has 1 heterocycles. The summed E-state index contributed by atoms with van der Waals surface area (Å²) < 4.78 is 26.1. The lowest BCUT2D eigenvalue weighted by Gasteiger charge is -2.17. The molecule has 0 aliphatic heterocycles. The lowest BCUT2D eigenvalue weighted by Crippen LogP contribution is -2.19. The molecule has 162 valence electrons. The fourth-order valence-corrected chi connectivity index (χ4v) is 4.63. The molecule has 0 spiro atoms. The molecule has 0 N–H and O–H groups in total. The third-order valence-corrected chi connectivity index (χ3v) is 6.26. The zero-order chi connectivity index (χ0) is 21.6. The quantitative estimate of drug-likeness (QED) is 0.477. The highest BCUT2D eigenvalue weighted by molar-refractivity contribution is 7.07. The first-order chi connectivity index (χ1) is 15.2. The first-order valence-corrected chi connectivity index (χ1v) is 11.3. The average molecular weight is 440 g/mol. The Morgan fingerprint density at radius 3 is 2.52 bits per heavy atom. The van der Waals surface area contributed by atoms with Crippen LogP contribution in [0.2, 0.25) is 0 Å². The van der Waals surface area contributed by atoms with Gasteiger partial charge in [-0.25, -0.2) is 9.07 Å². The van der Waals surface area contributed by atoms with E-state index in [4.69, 9.17) is 19.6 Å². The first kappa shape index (κ1) is 21.3. The first-order valence-electron chi connectivity index (χ1n) is 10.4. The standard InChI is InChI=1S/C24H26FN3O2S/c1-29-20-12-13-21(23(14-20)30-2)22-16-31-24(27-19-6-4-3-5-7-19)28(22)26-15-17-8-10-18(25)11-9-17/h8-16,19H,3-7H2,1-2H3. The summed E-state index contributed by atoms with van der Waals surface area (Å²) in [6.07, 6.45) is 7.68. The summed E-state index contributed by atoms with van der Waals surface area (Å²) in [5.74, 6) is 1.16. The van der Waals surface area contributed by atoms with E-state index in [0.29, 0.717) is 11.8 Å². The van der Waals surface area contributed by atoms with Crippen molar-refractivity contribution in [1.82, 2.24) is 4.68 Å². The Labute approximate surface area is 185 Å². The maximum Gasteiger partial charge on any atom is 0.206 e. The monoisotopic (exact) mass is 439 g/mol. The highest BCUT2D eigenvalue weighted by Gasteiger charge is 2.16. The molecule has 5 nitrogen and oxygen atoms in total. The molecule has 0 radical (unpaired) electrons. The van der Waals surface area contributed by atoms with Crippen molar-refractivity contribution in [2.45, 2.75) is 38.1 Å². The molecule has 7 heteroatoms. The van der Waals surface area contributed by atoms with Crippen LogP contribution in [0.3, 0.4) is 0 Å². The summed E-state index contributed by atoms with van der Waals surface area (Å²) in [6.45, 7) is 0. The van der Waals surface area contributed by atoms with E-state index >= 15 is 0 Å². The van der Waals surface area contributed by atoms with Crippen LogP contribution in [0.25, 0.3) is 11.3 Å². The molecule has 31 heavy (non-hydrogen) atoms. The number of methoxy groups -OCH3 is 2. The Hall–Kier alpha value is -2.93. The summed E-state index contributed by atoms with van der Waals surface area (Å²) in [6, 6.07) is 12.3. The minimum atomic E-state index is -0.267. The van der Waals surface area contributed by atoms with E-state index in [1.807, 2.05) is 28.3 Å². The predicted molar refractivity (Wildman–Crippen MR) is 123 cm³/mol. The van der Waals surface area contributed by atoms with Crippen LogP contribution in [0.4, 0.5) is 4.39 Å². The molecule has 2 aromatic carbocycles. The van der Waals surface area contributed by atoms with Crippen molar-refractivity contribution in [3.8, 4) is 22.8 Å². The molecule has 0 amide bonds. The normalized spacial score (nSPS) is 15.5. The van der Waals surface area contributed by atoms with Gasteiger partial charge in [-0.1, -0.05) is 31.4 Å². The highest BCUT2D eigenvalue weighted by Crippen LogP contribution is 2.33. The number of halogens is 1. The van der Waals surface area contributed by atoms with Gasteiger partial charge in [-0.15, -0.1) is 11.3 Å². The molecule has 1 fully saturated rings. The van der Waals surface area contributed by atoms with Crippen LogP contribution in [-0.2, 0) is 0 Å². The lowest BCUT2D eigenvalue weighted by atomic mass is 9.96. The minimum Gasteiger partial charge on any atom is -0.497 e. The number of hydrogen-bond donors (Lipinski definition) is 0. The Morgan fingerprint density at radius 2 is 1.81 bits per heavy atom. The molecule has 1 saturated carbocycles. The van der Waals surface area contributed by atoms with Crippen molar-refractivity contribution in [2.24, 2.45) is 10.1 Å². The van der Waals surface area contributed by atoms with Crippen molar-refractivity contribution >= 4 is 17.6 Å². The van der Waals surface area contributed by atoms with Crippen LogP contribution < -0.4 is 14.3 Å². The Morgan fingerprint density at radius 1 is 1.03 bits per heavy atom. The van der Waals surface area contributed by atoms with Gasteiger partial charge in [-0.05, 0) is 42.7 Å². The van der Waals surface area contributed by atoms with Crippen molar-refractivity contribution in [3.05, 3.63) is 64.0 Å². The van der Waals surface area contributed by atoms with Gasteiger partial charge in [0.05, 0.1) is 32.2 Å². The van der Waals surface area contributed by atoms with E-state index in [9.17, 15) is 4.39 Å². The molecule has 4 rings (SSSR count). The third-order valence-electron chi connectivity index (χ3n) is 5.43. The Balaban J connectivity index is 1.80. The largest absolute Gasteiger partial charge is 0.497 e. The third kappa shape index (κ3) is 5.05. The fraction of sp³-hybridized carbons (Fsp3) is 0.333. The fourth-order valence-electron chi connectivity index (χ4n) is 3.74. The van der Waals surface area contributed by atoms with Crippen molar-refractivity contribution in [1.29, 1.82) is 0 Å². The molecule has 1 aliphatic rings. The number of rotatable bonds is 6. The second-order valence-corrected chi connectivity index (χ2v) is 8.34. The van der Waals surface area contributed by atoms with Crippen LogP contribution in [0.15, 0.2) is 57.9 Å². The molecular weight excluding hydrogens is 413 g/mol. The minimum absolute atomic E-state index is 0.267. The second kappa shape index (κ2) is 9.92.